The van der Waals surface area contributed by atoms with Gasteiger partial charge in [0.1, 0.15) is 11.9 Å². The molecule has 1 aromatic rings. The number of amides is 1. The zero-order valence-electron chi connectivity index (χ0n) is 8.60. The summed E-state index contributed by atoms with van der Waals surface area (Å²) < 4.78 is 0. The highest BCUT2D eigenvalue weighted by molar-refractivity contribution is 5.85. The molecule has 0 radical (unpaired) electrons. The van der Waals surface area contributed by atoms with Gasteiger partial charge in [-0.2, -0.15) is 0 Å². The first-order chi connectivity index (χ1) is 7.22. The monoisotopic (exact) mass is 206 g/mol. The summed E-state index contributed by atoms with van der Waals surface area (Å²) in [5.74, 6) is 0.523. The van der Waals surface area contributed by atoms with E-state index < -0.39 is 0 Å². The molecule has 1 saturated heterocycles. The van der Waals surface area contributed by atoms with Crippen molar-refractivity contribution in [1.29, 1.82) is 0 Å². The highest BCUT2D eigenvalue weighted by Gasteiger charge is 2.33. The fourth-order valence-corrected chi connectivity index (χ4v) is 1.69. The van der Waals surface area contributed by atoms with Crippen molar-refractivity contribution in [1.82, 2.24) is 4.98 Å². The van der Waals surface area contributed by atoms with Crippen LogP contribution in [0.2, 0.25) is 0 Å². The lowest BCUT2D eigenvalue weighted by Crippen LogP contribution is -2.55. The van der Waals surface area contributed by atoms with Gasteiger partial charge in [0.15, 0.2) is 0 Å². The van der Waals surface area contributed by atoms with Crippen LogP contribution >= 0.6 is 0 Å². The van der Waals surface area contributed by atoms with Crippen molar-refractivity contribution in [2.24, 2.45) is 5.73 Å². The van der Waals surface area contributed by atoms with Crippen molar-refractivity contribution in [3.63, 3.8) is 0 Å². The molecular formula is C10H14N4O. The third-order valence-corrected chi connectivity index (χ3v) is 2.68. The smallest absolute Gasteiger partial charge is 0.240 e. The van der Waals surface area contributed by atoms with E-state index in [0.29, 0.717) is 0 Å². The Morgan fingerprint density at radius 1 is 1.73 bits per heavy atom. The van der Waals surface area contributed by atoms with Crippen molar-refractivity contribution < 1.29 is 4.79 Å². The van der Waals surface area contributed by atoms with Gasteiger partial charge in [-0.15, -0.1) is 0 Å². The number of pyridine rings is 1. The summed E-state index contributed by atoms with van der Waals surface area (Å²) in [6.07, 6.45) is 2.54. The molecule has 1 aliphatic rings. The lowest BCUT2D eigenvalue weighted by atomic mass is 10.0. The lowest BCUT2D eigenvalue weighted by molar-refractivity contribution is -0.120. The van der Waals surface area contributed by atoms with Crippen LogP contribution in [0.25, 0.3) is 0 Å². The number of primary amides is 1. The molecule has 2 heterocycles. The number of nitrogens with two attached hydrogens (primary N) is 1. The van der Waals surface area contributed by atoms with Gasteiger partial charge in [0.05, 0.1) is 0 Å². The molecule has 1 fully saturated rings. The minimum Gasteiger partial charge on any atom is -0.388 e. The third kappa shape index (κ3) is 1.72. The van der Waals surface area contributed by atoms with Crippen molar-refractivity contribution in [3.8, 4) is 0 Å². The number of nitrogens with zero attached hydrogens (tertiary/aromatic N) is 2. The molecule has 3 N–H and O–H groups in total. The van der Waals surface area contributed by atoms with Crippen LogP contribution in [0.5, 0.6) is 0 Å². The van der Waals surface area contributed by atoms with Crippen molar-refractivity contribution in [2.45, 2.75) is 12.5 Å². The molecule has 0 aromatic carbocycles. The van der Waals surface area contributed by atoms with Crippen LogP contribution < -0.4 is 16.0 Å². The number of carbonyl (C=O) groups excluding carboxylic acids is 1. The molecular weight excluding hydrogens is 192 g/mol. The first-order valence-electron chi connectivity index (χ1n) is 4.92. The quantitative estimate of drug-likeness (QED) is 0.740. The maximum Gasteiger partial charge on any atom is 0.240 e. The third-order valence-electron chi connectivity index (χ3n) is 2.68. The molecule has 0 bridgehead atoms. The van der Waals surface area contributed by atoms with Crippen LogP contribution in [0.4, 0.5) is 11.5 Å². The molecule has 0 saturated carbocycles. The van der Waals surface area contributed by atoms with Crippen LogP contribution in [-0.2, 0) is 4.79 Å². The molecule has 1 unspecified atom stereocenters. The van der Waals surface area contributed by atoms with E-state index in [-0.39, 0.29) is 11.9 Å². The SMILES string of the molecule is CNc1ccnc(N2CCC2C(N)=O)c1. The highest BCUT2D eigenvalue weighted by Crippen LogP contribution is 2.25. The zero-order chi connectivity index (χ0) is 10.8. The van der Waals surface area contributed by atoms with Gasteiger partial charge < -0.3 is 16.0 Å². The summed E-state index contributed by atoms with van der Waals surface area (Å²) >= 11 is 0. The second-order valence-corrected chi connectivity index (χ2v) is 3.55. The number of anilines is 2. The number of nitrogens with one attached hydrogen (secondary N) is 1. The molecule has 1 amide bonds. The van der Waals surface area contributed by atoms with Crippen molar-refractivity contribution in [3.05, 3.63) is 18.3 Å². The second kappa shape index (κ2) is 3.76. The van der Waals surface area contributed by atoms with E-state index in [1.165, 1.54) is 0 Å². The summed E-state index contributed by atoms with van der Waals surface area (Å²) in [7, 11) is 1.85. The minimum atomic E-state index is -0.280. The zero-order valence-corrected chi connectivity index (χ0v) is 8.60. The highest BCUT2D eigenvalue weighted by atomic mass is 16.1. The number of hydrogen-bond donors (Lipinski definition) is 2. The molecule has 2 rings (SSSR count). The van der Waals surface area contributed by atoms with Gasteiger partial charge in [0.25, 0.3) is 0 Å². The van der Waals surface area contributed by atoms with E-state index in [2.05, 4.69) is 10.3 Å². The van der Waals surface area contributed by atoms with Gasteiger partial charge in [0, 0.05) is 31.5 Å². The summed E-state index contributed by atoms with van der Waals surface area (Å²) in [5.41, 5.74) is 6.25. The number of rotatable bonds is 3. The van der Waals surface area contributed by atoms with Crippen LogP contribution in [-0.4, -0.2) is 30.5 Å². The Morgan fingerprint density at radius 2 is 2.53 bits per heavy atom. The minimum absolute atomic E-state index is 0.190. The van der Waals surface area contributed by atoms with Gasteiger partial charge in [-0.25, -0.2) is 4.98 Å². The molecule has 5 nitrogen and oxygen atoms in total. The van der Waals surface area contributed by atoms with Crippen LogP contribution in [0.3, 0.4) is 0 Å². The Hall–Kier alpha value is -1.78. The summed E-state index contributed by atoms with van der Waals surface area (Å²) in [6.45, 7) is 0.841. The first kappa shape index (κ1) is 9.76. The molecule has 1 aliphatic heterocycles. The van der Waals surface area contributed by atoms with Crippen molar-refractivity contribution >= 4 is 17.4 Å². The summed E-state index contributed by atoms with van der Waals surface area (Å²) in [6, 6.07) is 3.60. The summed E-state index contributed by atoms with van der Waals surface area (Å²) in [4.78, 5) is 17.2. The summed E-state index contributed by atoms with van der Waals surface area (Å²) in [5, 5.41) is 3.03. The fraction of sp³-hybridized carbons (Fsp3) is 0.400. The van der Waals surface area contributed by atoms with Crippen LogP contribution in [0, 0.1) is 0 Å². The van der Waals surface area contributed by atoms with Gasteiger partial charge >= 0.3 is 0 Å². The number of hydrogen-bond acceptors (Lipinski definition) is 4. The Kier molecular flexibility index (Phi) is 2.45. The lowest BCUT2D eigenvalue weighted by Gasteiger charge is -2.39. The van der Waals surface area contributed by atoms with Gasteiger partial charge in [-0.05, 0) is 12.5 Å². The van der Waals surface area contributed by atoms with Crippen LogP contribution in [0.15, 0.2) is 18.3 Å². The van der Waals surface area contributed by atoms with E-state index in [1.54, 1.807) is 6.20 Å². The Bertz CT molecular complexity index is 379. The van der Waals surface area contributed by atoms with E-state index in [1.807, 2.05) is 24.1 Å². The Labute approximate surface area is 88.3 Å². The van der Waals surface area contributed by atoms with E-state index in [4.69, 9.17) is 5.73 Å². The maximum absolute atomic E-state index is 11.1. The predicted molar refractivity (Wildman–Crippen MR) is 58.7 cm³/mol. The fourth-order valence-electron chi connectivity index (χ4n) is 1.69. The predicted octanol–water partition coefficient (Wildman–Crippen LogP) is 0.187. The molecule has 15 heavy (non-hydrogen) atoms. The second-order valence-electron chi connectivity index (χ2n) is 3.55. The molecule has 1 atom stereocenters. The van der Waals surface area contributed by atoms with E-state index in [0.717, 1.165) is 24.5 Å². The van der Waals surface area contributed by atoms with E-state index >= 15 is 0 Å². The average Bonchev–Trinajstić information content (AvgIpc) is 2.15. The first-order valence-corrected chi connectivity index (χ1v) is 4.92. The van der Waals surface area contributed by atoms with Gasteiger partial charge in [0.2, 0.25) is 5.91 Å². The van der Waals surface area contributed by atoms with Gasteiger partial charge in [-0.1, -0.05) is 0 Å². The molecule has 5 heteroatoms. The largest absolute Gasteiger partial charge is 0.388 e. The van der Waals surface area contributed by atoms with Crippen molar-refractivity contribution in [2.75, 3.05) is 23.8 Å². The van der Waals surface area contributed by atoms with E-state index in [9.17, 15) is 4.79 Å². The van der Waals surface area contributed by atoms with Crippen LogP contribution in [0.1, 0.15) is 6.42 Å². The number of carbonyl (C=O) groups is 1. The molecule has 0 spiro atoms. The maximum atomic E-state index is 11.1. The molecule has 1 aromatic heterocycles. The number of aromatic nitrogens is 1. The normalized spacial score (nSPS) is 19.5. The topological polar surface area (TPSA) is 71.2 Å². The molecule has 0 aliphatic carbocycles. The standard InChI is InChI=1S/C10H14N4O/c1-12-7-2-4-13-9(6-7)14-5-3-8(14)10(11)15/h2,4,6,8H,3,5H2,1H3,(H2,11,15)(H,12,13). The van der Waals surface area contributed by atoms with Gasteiger partial charge in [-0.3, -0.25) is 4.79 Å². The Balaban J connectivity index is 2.19. The Morgan fingerprint density at radius 3 is 3.07 bits per heavy atom. The average molecular weight is 206 g/mol. The molecule has 80 valence electrons.